The lowest BCUT2D eigenvalue weighted by molar-refractivity contribution is -0.120. The number of ether oxygens (including phenoxy) is 1. The Morgan fingerprint density at radius 2 is 2.40 bits per heavy atom. The van der Waals surface area contributed by atoms with E-state index in [1.54, 1.807) is 18.4 Å². The van der Waals surface area contributed by atoms with Crippen molar-refractivity contribution in [2.45, 2.75) is 13.0 Å². The summed E-state index contributed by atoms with van der Waals surface area (Å²) in [7, 11) is 1.61. The van der Waals surface area contributed by atoms with Gasteiger partial charge < -0.3 is 15.4 Å². The molecule has 0 saturated heterocycles. The van der Waals surface area contributed by atoms with Gasteiger partial charge in [-0.15, -0.1) is 11.3 Å². The average molecular weight is 293 g/mol. The highest BCUT2D eigenvalue weighted by atomic mass is 32.1. The third kappa shape index (κ3) is 4.00. The lowest BCUT2D eigenvalue weighted by Crippen LogP contribution is -2.36. The monoisotopic (exact) mass is 293 g/mol. The summed E-state index contributed by atoms with van der Waals surface area (Å²) in [5.41, 5.74) is 2.10. The summed E-state index contributed by atoms with van der Waals surface area (Å²) >= 11 is 1.67. The van der Waals surface area contributed by atoms with Gasteiger partial charge in [0.05, 0.1) is 23.4 Å². The molecule has 0 aromatic carbocycles. The Morgan fingerprint density at radius 1 is 1.55 bits per heavy atom. The first kappa shape index (κ1) is 14.9. The van der Waals surface area contributed by atoms with Gasteiger partial charge in [-0.1, -0.05) is 0 Å². The van der Waals surface area contributed by atoms with Gasteiger partial charge in [-0.25, -0.2) is 0 Å². The second-order valence-corrected chi connectivity index (χ2v) is 5.47. The zero-order chi connectivity index (χ0) is 14.4. The maximum Gasteiger partial charge on any atom is 0.234 e. The molecule has 2 rings (SSSR count). The highest BCUT2D eigenvalue weighted by molar-refractivity contribution is 7.17. The number of pyridine rings is 1. The van der Waals surface area contributed by atoms with Gasteiger partial charge in [0.15, 0.2) is 0 Å². The minimum absolute atomic E-state index is 0.0286. The molecule has 1 unspecified atom stereocenters. The van der Waals surface area contributed by atoms with Crippen LogP contribution in [0.3, 0.4) is 0 Å². The standard InChI is InChI=1S/C14H19N3O2S/c1-10(16-9-14(18)15-4-5-19-2)11-7-13-12(17-8-11)3-6-20-13/h3,6-8,10,16H,4-5,9H2,1-2H3,(H,15,18). The molecule has 0 aliphatic rings. The molecular weight excluding hydrogens is 274 g/mol. The summed E-state index contributed by atoms with van der Waals surface area (Å²) in [6, 6.07) is 4.21. The van der Waals surface area contributed by atoms with Crippen LogP contribution in [0.4, 0.5) is 0 Å². The molecule has 6 heteroatoms. The van der Waals surface area contributed by atoms with Crippen LogP contribution >= 0.6 is 11.3 Å². The molecule has 1 amide bonds. The number of hydrogen-bond donors (Lipinski definition) is 2. The van der Waals surface area contributed by atoms with Crippen molar-refractivity contribution >= 4 is 27.5 Å². The SMILES string of the molecule is COCCNC(=O)CNC(C)c1cnc2ccsc2c1. The van der Waals surface area contributed by atoms with Gasteiger partial charge in [-0.2, -0.15) is 0 Å². The third-order valence-electron chi connectivity index (χ3n) is 3.02. The van der Waals surface area contributed by atoms with Crippen molar-refractivity contribution in [1.29, 1.82) is 0 Å². The van der Waals surface area contributed by atoms with Crippen molar-refractivity contribution in [2.24, 2.45) is 0 Å². The second kappa shape index (κ2) is 7.33. The number of methoxy groups -OCH3 is 1. The molecule has 20 heavy (non-hydrogen) atoms. The first-order valence-electron chi connectivity index (χ1n) is 6.53. The van der Waals surface area contributed by atoms with Crippen molar-refractivity contribution < 1.29 is 9.53 Å². The van der Waals surface area contributed by atoms with Crippen LogP contribution in [-0.2, 0) is 9.53 Å². The molecule has 2 aromatic heterocycles. The molecule has 5 nitrogen and oxygen atoms in total. The molecule has 0 aliphatic carbocycles. The summed E-state index contributed by atoms with van der Waals surface area (Å²) in [5, 5.41) is 8.00. The zero-order valence-corrected chi connectivity index (χ0v) is 12.5. The van der Waals surface area contributed by atoms with E-state index in [1.165, 1.54) is 4.70 Å². The smallest absolute Gasteiger partial charge is 0.234 e. The molecule has 0 radical (unpaired) electrons. The van der Waals surface area contributed by atoms with Crippen molar-refractivity contribution in [3.05, 3.63) is 29.3 Å². The molecule has 0 bridgehead atoms. The maximum absolute atomic E-state index is 11.6. The fourth-order valence-corrected chi connectivity index (χ4v) is 2.61. The molecular formula is C14H19N3O2S. The number of aromatic nitrogens is 1. The summed E-state index contributed by atoms with van der Waals surface area (Å²) in [5.74, 6) is -0.0286. The molecule has 2 N–H and O–H groups in total. The lowest BCUT2D eigenvalue weighted by atomic mass is 10.1. The largest absolute Gasteiger partial charge is 0.383 e. The van der Waals surface area contributed by atoms with Crippen LogP contribution in [-0.4, -0.2) is 37.7 Å². The van der Waals surface area contributed by atoms with E-state index in [9.17, 15) is 4.79 Å². The molecule has 0 aliphatic heterocycles. The Morgan fingerprint density at radius 3 is 3.20 bits per heavy atom. The fraction of sp³-hybridized carbons (Fsp3) is 0.429. The average Bonchev–Trinajstić information content (AvgIpc) is 2.92. The number of thiophene rings is 1. The topological polar surface area (TPSA) is 63.2 Å². The van der Waals surface area contributed by atoms with Gasteiger partial charge in [0, 0.05) is 25.9 Å². The molecule has 0 spiro atoms. The quantitative estimate of drug-likeness (QED) is 0.763. The predicted octanol–water partition coefficient (Wildman–Crippen LogP) is 1.71. The lowest BCUT2D eigenvalue weighted by Gasteiger charge is -2.14. The number of fused-ring (bicyclic) bond motifs is 1. The van der Waals surface area contributed by atoms with Crippen LogP contribution < -0.4 is 10.6 Å². The Bertz CT molecular complexity index is 570. The van der Waals surface area contributed by atoms with Crippen LogP contribution in [0.25, 0.3) is 10.2 Å². The number of rotatable bonds is 7. The maximum atomic E-state index is 11.6. The number of nitrogens with one attached hydrogen (secondary N) is 2. The van der Waals surface area contributed by atoms with Gasteiger partial charge in [0.25, 0.3) is 0 Å². The minimum Gasteiger partial charge on any atom is -0.383 e. The number of nitrogens with zero attached hydrogens (tertiary/aromatic N) is 1. The Balaban J connectivity index is 1.84. The van der Waals surface area contributed by atoms with Crippen molar-refractivity contribution in [3.8, 4) is 0 Å². The Hall–Kier alpha value is -1.50. The number of carbonyl (C=O) groups excluding carboxylic acids is 1. The fourth-order valence-electron chi connectivity index (χ4n) is 1.82. The second-order valence-electron chi connectivity index (χ2n) is 4.52. The van der Waals surface area contributed by atoms with Gasteiger partial charge in [-0.3, -0.25) is 9.78 Å². The van der Waals surface area contributed by atoms with Crippen molar-refractivity contribution in [3.63, 3.8) is 0 Å². The zero-order valence-electron chi connectivity index (χ0n) is 11.7. The van der Waals surface area contributed by atoms with E-state index >= 15 is 0 Å². The van der Waals surface area contributed by atoms with Crippen LogP contribution in [0.2, 0.25) is 0 Å². The van der Waals surface area contributed by atoms with E-state index in [2.05, 4.69) is 21.7 Å². The van der Waals surface area contributed by atoms with Crippen LogP contribution in [0.1, 0.15) is 18.5 Å². The van der Waals surface area contributed by atoms with Crippen LogP contribution in [0, 0.1) is 0 Å². The molecule has 0 saturated carbocycles. The third-order valence-corrected chi connectivity index (χ3v) is 3.87. The number of carbonyl (C=O) groups is 1. The predicted molar refractivity (Wildman–Crippen MR) is 80.9 cm³/mol. The molecule has 2 aromatic rings. The van der Waals surface area contributed by atoms with Gasteiger partial charge >= 0.3 is 0 Å². The normalized spacial score (nSPS) is 12.5. The Labute approximate surface area is 122 Å². The molecule has 1 atom stereocenters. The van der Waals surface area contributed by atoms with E-state index in [4.69, 9.17) is 4.74 Å². The van der Waals surface area contributed by atoms with E-state index in [0.717, 1.165) is 11.1 Å². The van der Waals surface area contributed by atoms with Crippen molar-refractivity contribution in [2.75, 3.05) is 26.8 Å². The summed E-state index contributed by atoms with van der Waals surface area (Å²) < 4.78 is 6.05. The first-order valence-corrected chi connectivity index (χ1v) is 7.41. The van der Waals surface area contributed by atoms with Gasteiger partial charge in [0.2, 0.25) is 5.91 Å². The number of amides is 1. The van der Waals surface area contributed by atoms with E-state index in [0.29, 0.717) is 13.2 Å². The van der Waals surface area contributed by atoms with Gasteiger partial charge in [-0.05, 0) is 30.0 Å². The minimum atomic E-state index is -0.0286. The molecule has 0 fully saturated rings. The summed E-state index contributed by atoms with van der Waals surface area (Å²) in [6.07, 6.45) is 1.86. The van der Waals surface area contributed by atoms with Crippen LogP contribution in [0.15, 0.2) is 23.7 Å². The van der Waals surface area contributed by atoms with Gasteiger partial charge in [0.1, 0.15) is 0 Å². The Kier molecular flexibility index (Phi) is 5.46. The van der Waals surface area contributed by atoms with E-state index in [1.807, 2.05) is 24.6 Å². The highest BCUT2D eigenvalue weighted by Crippen LogP contribution is 2.22. The van der Waals surface area contributed by atoms with Crippen molar-refractivity contribution in [1.82, 2.24) is 15.6 Å². The first-order chi connectivity index (χ1) is 9.70. The highest BCUT2D eigenvalue weighted by Gasteiger charge is 2.09. The van der Waals surface area contributed by atoms with Crippen LogP contribution in [0.5, 0.6) is 0 Å². The van der Waals surface area contributed by atoms with E-state index < -0.39 is 0 Å². The molecule has 108 valence electrons. The molecule has 2 heterocycles. The summed E-state index contributed by atoms with van der Waals surface area (Å²) in [6.45, 7) is 3.38. The van der Waals surface area contributed by atoms with E-state index in [-0.39, 0.29) is 18.5 Å². The number of hydrogen-bond acceptors (Lipinski definition) is 5. The summed E-state index contributed by atoms with van der Waals surface area (Å²) in [4.78, 5) is 16.0.